The lowest BCUT2D eigenvalue weighted by molar-refractivity contribution is 0.619. The lowest BCUT2D eigenvalue weighted by Crippen LogP contribution is -1.95. The summed E-state index contributed by atoms with van der Waals surface area (Å²) in [6.07, 6.45) is 1.26. The molecule has 0 atom stereocenters. The zero-order valence-corrected chi connectivity index (χ0v) is 7.64. The van der Waals surface area contributed by atoms with Gasteiger partial charge in [0.25, 0.3) is 0 Å². The van der Waals surface area contributed by atoms with Crippen molar-refractivity contribution in [3.05, 3.63) is 28.8 Å². The molecule has 0 aliphatic heterocycles. The summed E-state index contributed by atoms with van der Waals surface area (Å²) in [5.41, 5.74) is 6.78. The Morgan fingerprint density at radius 3 is 3.00 bits per heavy atom. The summed E-state index contributed by atoms with van der Waals surface area (Å²) in [5, 5.41) is 0.264. The van der Waals surface area contributed by atoms with E-state index in [1.807, 2.05) is 0 Å². The van der Waals surface area contributed by atoms with E-state index < -0.39 is 5.82 Å². The van der Waals surface area contributed by atoms with Crippen LogP contribution in [0.4, 0.5) is 10.2 Å². The van der Waals surface area contributed by atoms with Crippen LogP contribution in [-0.4, -0.2) is 9.38 Å². The van der Waals surface area contributed by atoms with Gasteiger partial charge in [-0.25, -0.2) is 9.37 Å². The van der Waals surface area contributed by atoms with E-state index >= 15 is 0 Å². The summed E-state index contributed by atoms with van der Waals surface area (Å²) in [7, 11) is 0. The predicted molar refractivity (Wildman–Crippen MR) is 49.3 cm³/mol. The Balaban J connectivity index is 2.94. The first-order valence-electron chi connectivity index (χ1n) is 3.69. The average molecular weight is 200 g/mol. The third kappa shape index (κ3) is 1.14. The van der Waals surface area contributed by atoms with Crippen LogP contribution in [0.15, 0.2) is 12.3 Å². The van der Waals surface area contributed by atoms with Crippen molar-refractivity contribution in [2.24, 2.45) is 0 Å². The molecule has 0 amide bonds. The first kappa shape index (κ1) is 8.31. The summed E-state index contributed by atoms with van der Waals surface area (Å²) in [4.78, 5) is 4.09. The molecule has 0 saturated heterocycles. The summed E-state index contributed by atoms with van der Waals surface area (Å²) in [6, 6.07) is 1.21. The van der Waals surface area contributed by atoms with Crippen LogP contribution in [0.2, 0.25) is 5.02 Å². The van der Waals surface area contributed by atoms with Gasteiger partial charge in [0.2, 0.25) is 0 Å². The molecule has 2 aromatic heterocycles. The van der Waals surface area contributed by atoms with Crippen LogP contribution < -0.4 is 5.73 Å². The topological polar surface area (TPSA) is 43.3 Å². The normalized spacial score (nSPS) is 11.0. The number of pyridine rings is 1. The number of rotatable bonds is 0. The molecule has 2 aromatic rings. The van der Waals surface area contributed by atoms with Crippen LogP contribution in [0.5, 0.6) is 0 Å². The molecule has 0 saturated carbocycles. The van der Waals surface area contributed by atoms with Gasteiger partial charge in [0.15, 0.2) is 5.65 Å². The van der Waals surface area contributed by atoms with Crippen molar-refractivity contribution < 1.29 is 4.39 Å². The highest BCUT2D eigenvalue weighted by molar-refractivity contribution is 6.33. The second kappa shape index (κ2) is 2.60. The molecule has 0 bridgehead atoms. The predicted octanol–water partition coefficient (Wildman–Crippen LogP) is 2.02. The molecule has 0 aliphatic carbocycles. The van der Waals surface area contributed by atoms with Crippen molar-refractivity contribution in [2.45, 2.75) is 6.92 Å². The molecule has 0 unspecified atom stereocenters. The van der Waals surface area contributed by atoms with Crippen molar-refractivity contribution in [1.29, 1.82) is 0 Å². The van der Waals surface area contributed by atoms with Gasteiger partial charge in [-0.2, -0.15) is 0 Å². The number of aryl methyl sites for hydroxylation is 1. The monoisotopic (exact) mass is 199 g/mol. The SMILES string of the molecule is Cc1nc2c(Cl)cc(F)cn2c1N. The zero-order valence-electron chi connectivity index (χ0n) is 6.88. The van der Waals surface area contributed by atoms with Crippen molar-refractivity contribution in [2.75, 3.05) is 5.73 Å². The molecule has 2 N–H and O–H groups in total. The number of imidazole rings is 1. The minimum Gasteiger partial charge on any atom is -0.383 e. The second-order valence-corrected chi connectivity index (χ2v) is 3.19. The Bertz CT molecular complexity index is 478. The summed E-state index contributed by atoms with van der Waals surface area (Å²) < 4.78 is 14.3. The fourth-order valence-electron chi connectivity index (χ4n) is 1.20. The molecule has 2 rings (SSSR count). The molecular formula is C8H7ClFN3. The van der Waals surface area contributed by atoms with Gasteiger partial charge in [0, 0.05) is 6.20 Å². The first-order valence-corrected chi connectivity index (χ1v) is 4.06. The van der Waals surface area contributed by atoms with Gasteiger partial charge >= 0.3 is 0 Å². The molecule has 0 aromatic carbocycles. The van der Waals surface area contributed by atoms with Crippen LogP contribution in [0.25, 0.3) is 5.65 Å². The van der Waals surface area contributed by atoms with Gasteiger partial charge in [0.1, 0.15) is 11.6 Å². The van der Waals surface area contributed by atoms with Gasteiger partial charge in [0.05, 0.1) is 10.7 Å². The standard InChI is InChI=1S/C8H7ClFN3/c1-4-7(11)13-3-5(10)2-6(9)8(13)12-4/h2-3H,11H2,1H3. The number of hydrogen-bond acceptors (Lipinski definition) is 2. The van der Waals surface area contributed by atoms with Crippen LogP contribution in [0.3, 0.4) is 0 Å². The average Bonchev–Trinajstić information content (AvgIpc) is 2.32. The lowest BCUT2D eigenvalue weighted by Gasteiger charge is -1.97. The number of fused-ring (bicyclic) bond motifs is 1. The maximum Gasteiger partial charge on any atom is 0.157 e. The molecule has 3 nitrogen and oxygen atoms in total. The summed E-state index contributed by atoms with van der Waals surface area (Å²) >= 11 is 5.77. The van der Waals surface area contributed by atoms with Crippen molar-refractivity contribution in [3.63, 3.8) is 0 Å². The number of nitrogen functional groups attached to an aromatic ring is 1. The van der Waals surface area contributed by atoms with Crippen LogP contribution in [0.1, 0.15) is 5.69 Å². The fourth-order valence-corrected chi connectivity index (χ4v) is 1.44. The van der Waals surface area contributed by atoms with Crippen molar-refractivity contribution in [1.82, 2.24) is 9.38 Å². The van der Waals surface area contributed by atoms with Crippen molar-refractivity contribution in [3.8, 4) is 0 Å². The molecule has 0 aliphatic rings. The number of nitrogens with zero attached hydrogens (tertiary/aromatic N) is 2. The van der Waals surface area contributed by atoms with E-state index in [9.17, 15) is 4.39 Å². The molecular weight excluding hydrogens is 193 g/mol. The third-order valence-corrected chi connectivity index (χ3v) is 2.14. The van der Waals surface area contributed by atoms with E-state index in [1.54, 1.807) is 6.92 Å². The number of anilines is 1. The smallest absolute Gasteiger partial charge is 0.157 e. The van der Waals surface area contributed by atoms with E-state index in [-0.39, 0.29) is 5.02 Å². The van der Waals surface area contributed by atoms with Crippen LogP contribution >= 0.6 is 11.6 Å². The summed E-state index contributed by atoms with van der Waals surface area (Å²) in [6.45, 7) is 1.75. The number of hydrogen-bond donors (Lipinski definition) is 1. The van der Waals surface area contributed by atoms with E-state index in [2.05, 4.69) is 4.98 Å². The quantitative estimate of drug-likeness (QED) is 0.706. The maximum absolute atomic E-state index is 12.9. The van der Waals surface area contributed by atoms with Gasteiger partial charge < -0.3 is 5.73 Å². The molecule has 13 heavy (non-hydrogen) atoms. The van der Waals surface area contributed by atoms with Gasteiger partial charge in [-0.3, -0.25) is 4.40 Å². The zero-order chi connectivity index (χ0) is 9.59. The third-order valence-electron chi connectivity index (χ3n) is 1.86. The highest BCUT2D eigenvalue weighted by Gasteiger charge is 2.09. The van der Waals surface area contributed by atoms with Crippen molar-refractivity contribution >= 4 is 23.1 Å². The number of nitrogens with two attached hydrogens (primary N) is 1. The molecule has 0 fully saturated rings. The van der Waals surface area contributed by atoms with E-state index in [4.69, 9.17) is 17.3 Å². The first-order chi connectivity index (χ1) is 6.09. The molecule has 0 spiro atoms. The van der Waals surface area contributed by atoms with Gasteiger partial charge in [-0.15, -0.1) is 0 Å². The largest absolute Gasteiger partial charge is 0.383 e. The number of aromatic nitrogens is 2. The Morgan fingerprint density at radius 1 is 1.62 bits per heavy atom. The molecule has 0 radical (unpaired) electrons. The minimum absolute atomic E-state index is 0.264. The number of halogens is 2. The van der Waals surface area contributed by atoms with E-state index in [0.29, 0.717) is 17.2 Å². The maximum atomic E-state index is 12.9. The highest BCUT2D eigenvalue weighted by atomic mass is 35.5. The highest BCUT2D eigenvalue weighted by Crippen LogP contribution is 2.22. The Kier molecular flexibility index (Phi) is 1.66. The van der Waals surface area contributed by atoms with Crippen LogP contribution in [-0.2, 0) is 0 Å². The Labute approximate surface area is 78.9 Å². The Hall–Kier alpha value is -1.29. The molecule has 5 heteroatoms. The summed E-state index contributed by atoms with van der Waals surface area (Å²) in [5.74, 6) is -0.0157. The Morgan fingerprint density at radius 2 is 2.31 bits per heavy atom. The van der Waals surface area contributed by atoms with E-state index in [0.717, 1.165) is 0 Å². The molecule has 2 heterocycles. The molecule has 68 valence electrons. The minimum atomic E-state index is -0.429. The van der Waals surface area contributed by atoms with Crippen LogP contribution in [0, 0.1) is 12.7 Å². The second-order valence-electron chi connectivity index (χ2n) is 2.78. The van der Waals surface area contributed by atoms with Gasteiger partial charge in [-0.05, 0) is 13.0 Å². The lowest BCUT2D eigenvalue weighted by atomic mass is 10.4. The van der Waals surface area contributed by atoms with Gasteiger partial charge in [-0.1, -0.05) is 11.6 Å². The van der Waals surface area contributed by atoms with E-state index in [1.165, 1.54) is 16.7 Å². The fraction of sp³-hybridized carbons (Fsp3) is 0.125.